The molecule has 0 spiro atoms. The molecular formula is C28H23N5O7S. The number of sulfonamides is 1. The quantitative estimate of drug-likeness (QED) is 0.260. The van der Waals surface area contributed by atoms with Gasteiger partial charge in [0, 0.05) is 24.0 Å². The Kier molecular flexibility index (Phi) is 7.54. The van der Waals surface area contributed by atoms with Gasteiger partial charge in [0.2, 0.25) is 10.0 Å². The smallest absolute Gasteiger partial charge is 0.337 e. The van der Waals surface area contributed by atoms with Crippen LogP contribution in [0.3, 0.4) is 0 Å². The van der Waals surface area contributed by atoms with E-state index >= 15 is 0 Å². The molecule has 1 aromatic heterocycles. The second-order valence-corrected chi connectivity index (χ2v) is 11.0. The number of ether oxygens (including phenoxy) is 1. The molecule has 12 nitrogen and oxygen atoms in total. The lowest BCUT2D eigenvalue weighted by molar-refractivity contribution is 0.0697. The molecule has 13 heteroatoms. The summed E-state index contributed by atoms with van der Waals surface area (Å²) in [6.07, 6.45) is 0. The number of nitriles is 1. The summed E-state index contributed by atoms with van der Waals surface area (Å²) in [7, 11) is -3.80. The number of H-pyrrole nitrogens is 1. The number of amides is 2. The van der Waals surface area contributed by atoms with Gasteiger partial charge in [-0.05, 0) is 48.5 Å². The first-order valence-corrected chi connectivity index (χ1v) is 13.8. The maximum atomic E-state index is 13.1. The van der Waals surface area contributed by atoms with Gasteiger partial charge in [0.25, 0.3) is 11.8 Å². The molecule has 0 aliphatic carbocycles. The number of aromatic nitrogens is 1. The first-order chi connectivity index (χ1) is 19.7. The highest BCUT2D eigenvalue weighted by molar-refractivity contribution is 7.89. The van der Waals surface area contributed by atoms with Crippen LogP contribution in [0.1, 0.15) is 36.8 Å². The number of hydrogen-bond acceptors (Lipinski definition) is 7. The normalized spacial score (nSPS) is 13.8. The zero-order valence-corrected chi connectivity index (χ0v) is 22.2. The number of aromatic carboxylic acids is 1. The molecule has 0 unspecified atom stereocenters. The molecule has 1 aliphatic heterocycles. The number of fused-ring (bicyclic) bond motifs is 1. The van der Waals surface area contributed by atoms with Gasteiger partial charge in [-0.25, -0.2) is 13.2 Å². The van der Waals surface area contributed by atoms with E-state index in [1.54, 1.807) is 24.3 Å². The Morgan fingerprint density at radius 2 is 1.66 bits per heavy atom. The molecule has 1 fully saturated rings. The topological polar surface area (TPSA) is 182 Å². The zero-order chi connectivity index (χ0) is 29.1. The Hall–Kier alpha value is -5.03. The van der Waals surface area contributed by atoms with Crippen molar-refractivity contribution in [2.45, 2.75) is 4.90 Å². The molecule has 208 valence electrons. The van der Waals surface area contributed by atoms with Crippen LogP contribution in [-0.2, 0) is 14.8 Å². The number of carboxylic acid groups (broad SMARTS) is 1. The van der Waals surface area contributed by atoms with Crippen molar-refractivity contribution in [2.24, 2.45) is 0 Å². The van der Waals surface area contributed by atoms with Crippen molar-refractivity contribution in [2.75, 3.05) is 36.9 Å². The van der Waals surface area contributed by atoms with Crippen LogP contribution in [0.4, 0.5) is 11.4 Å². The van der Waals surface area contributed by atoms with Crippen LogP contribution in [-0.4, -0.2) is 66.9 Å². The van der Waals surface area contributed by atoms with Crippen LogP contribution in [0, 0.1) is 11.3 Å². The number of nitrogens with zero attached hydrogens (tertiary/aromatic N) is 2. The predicted octanol–water partition coefficient (Wildman–Crippen LogP) is 3.26. The number of carboxylic acids is 1. The highest BCUT2D eigenvalue weighted by atomic mass is 32.2. The Balaban J connectivity index is 1.38. The fourth-order valence-corrected chi connectivity index (χ4v) is 5.85. The second-order valence-electron chi connectivity index (χ2n) is 9.08. The van der Waals surface area contributed by atoms with Crippen molar-refractivity contribution >= 4 is 50.1 Å². The average molecular weight is 574 g/mol. The Bertz CT molecular complexity index is 1840. The van der Waals surface area contributed by atoms with Crippen molar-refractivity contribution in [3.63, 3.8) is 0 Å². The minimum Gasteiger partial charge on any atom is -0.478 e. The number of aromatic amines is 1. The highest BCUT2D eigenvalue weighted by Gasteiger charge is 2.27. The number of para-hydroxylation sites is 1. The van der Waals surface area contributed by atoms with Crippen molar-refractivity contribution in [3.05, 3.63) is 89.1 Å². The van der Waals surface area contributed by atoms with E-state index in [1.165, 1.54) is 40.7 Å². The molecule has 3 aromatic carbocycles. The zero-order valence-electron chi connectivity index (χ0n) is 21.4. The van der Waals surface area contributed by atoms with Gasteiger partial charge < -0.3 is 25.5 Å². The third-order valence-corrected chi connectivity index (χ3v) is 8.37. The molecule has 4 aromatic rings. The van der Waals surface area contributed by atoms with Crippen LogP contribution in [0.2, 0.25) is 0 Å². The van der Waals surface area contributed by atoms with E-state index in [-0.39, 0.29) is 46.1 Å². The van der Waals surface area contributed by atoms with Crippen LogP contribution < -0.4 is 10.6 Å². The minimum atomic E-state index is -3.80. The number of carbonyl (C=O) groups is 3. The maximum Gasteiger partial charge on any atom is 0.337 e. The minimum absolute atomic E-state index is 0.00683. The monoisotopic (exact) mass is 573 g/mol. The van der Waals surface area contributed by atoms with E-state index in [2.05, 4.69) is 15.6 Å². The molecule has 0 bridgehead atoms. The first-order valence-electron chi connectivity index (χ1n) is 12.4. The molecule has 4 N–H and O–H groups in total. The standard InChI is InChI=1S/C28H23N5O7S/c29-16-17-7-8-22(21(13-17)28(36)37)31-27(35)24-15-18-3-2-6-23(25(18)30-24)32-26(34)19-4-1-5-20(14-19)41(38,39)33-9-11-40-12-10-33/h1-8,13-15,30H,9-12H2,(H,31,35)(H,32,34)(H,36,37). The van der Waals surface area contributed by atoms with E-state index in [0.29, 0.717) is 29.8 Å². The van der Waals surface area contributed by atoms with Crippen LogP contribution >= 0.6 is 0 Å². The Morgan fingerprint density at radius 3 is 2.39 bits per heavy atom. The Labute approximate surface area is 234 Å². The largest absolute Gasteiger partial charge is 0.478 e. The van der Waals surface area contributed by atoms with Gasteiger partial charge in [0.15, 0.2) is 0 Å². The number of nitrogens with one attached hydrogen (secondary N) is 3. The van der Waals surface area contributed by atoms with E-state index in [0.717, 1.165) is 6.07 Å². The van der Waals surface area contributed by atoms with Gasteiger partial charge in [0.05, 0.1) is 52.2 Å². The van der Waals surface area contributed by atoms with E-state index in [1.807, 2.05) is 6.07 Å². The molecule has 0 saturated carbocycles. The number of rotatable bonds is 7. The summed E-state index contributed by atoms with van der Waals surface area (Å²) in [6.45, 7) is 1.06. The first kappa shape index (κ1) is 27.5. The third-order valence-electron chi connectivity index (χ3n) is 6.48. The SMILES string of the molecule is N#Cc1ccc(NC(=O)c2cc3cccc(NC(=O)c4cccc(S(=O)(=O)N5CCOCC5)c4)c3[nH]2)c(C(=O)O)c1. The summed E-state index contributed by atoms with van der Waals surface area (Å²) in [5, 5.41) is 24.4. The number of hydrogen-bond donors (Lipinski definition) is 4. The van der Waals surface area contributed by atoms with Crippen LogP contribution in [0.15, 0.2) is 71.6 Å². The van der Waals surface area contributed by atoms with Crippen molar-refractivity contribution in [3.8, 4) is 6.07 Å². The molecule has 1 aliphatic rings. The lowest BCUT2D eigenvalue weighted by Crippen LogP contribution is -2.40. The molecule has 41 heavy (non-hydrogen) atoms. The van der Waals surface area contributed by atoms with E-state index in [4.69, 9.17) is 10.00 Å². The predicted molar refractivity (Wildman–Crippen MR) is 148 cm³/mol. The maximum absolute atomic E-state index is 13.1. The molecule has 1 saturated heterocycles. The van der Waals surface area contributed by atoms with Crippen molar-refractivity contribution in [1.29, 1.82) is 5.26 Å². The lowest BCUT2D eigenvalue weighted by Gasteiger charge is -2.26. The molecule has 5 rings (SSSR count). The van der Waals surface area contributed by atoms with E-state index in [9.17, 15) is 27.9 Å². The van der Waals surface area contributed by atoms with Gasteiger partial charge >= 0.3 is 5.97 Å². The number of carbonyl (C=O) groups excluding carboxylic acids is 2. The van der Waals surface area contributed by atoms with Crippen LogP contribution in [0.25, 0.3) is 10.9 Å². The fourth-order valence-electron chi connectivity index (χ4n) is 4.40. The van der Waals surface area contributed by atoms with Gasteiger partial charge in [0.1, 0.15) is 5.69 Å². The van der Waals surface area contributed by atoms with Gasteiger partial charge in [-0.2, -0.15) is 9.57 Å². The summed E-state index contributed by atoms with van der Waals surface area (Å²) >= 11 is 0. The lowest BCUT2D eigenvalue weighted by atomic mass is 10.1. The van der Waals surface area contributed by atoms with Crippen molar-refractivity contribution < 1.29 is 32.6 Å². The van der Waals surface area contributed by atoms with E-state index < -0.39 is 27.8 Å². The summed E-state index contributed by atoms with van der Waals surface area (Å²) in [6, 6.07) is 18.0. The van der Waals surface area contributed by atoms with Crippen molar-refractivity contribution in [1.82, 2.24) is 9.29 Å². The molecule has 0 atom stereocenters. The number of morpholine rings is 1. The molecule has 2 amide bonds. The highest BCUT2D eigenvalue weighted by Crippen LogP contribution is 2.26. The number of anilines is 2. The summed E-state index contributed by atoms with van der Waals surface area (Å²) < 4.78 is 32.6. The van der Waals surface area contributed by atoms with Gasteiger partial charge in [-0.3, -0.25) is 9.59 Å². The third kappa shape index (κ3) is 5.66. The molecule has 0 radical (unpaired) electrons. The molecular weight excluding hydrogens is 550 g/mol. The molecule has 2 heterocycles. The fraction of sp³-hybridized carbons (Fsp3) is 0.143. The summed E-state index contributed by atoms with van der Waals surface area (Å²) in [5.41, 5.74) is 0.915. The number of benzene rings is 3. The van der Waals surface area contributed by atoms with Gasteiger partial charge in [-0.15, -0.1) is 0 Å². The van der Waals surface area contributed by atoms with Gasteiger partial charge in [-0.1, -0.05) is 18.2 Å². The van der Waals surface area contributed by atoms with Crippen LogP contribution in [0.5, 0.6) is 0 Å². The average Bonchev–Trinajstić information content (AvgIpc) is 3.43. The Morgan fingerprint density at radius 1 is 0.927 bits per heavy atom. The summed E-state index contributed by atoms with van der Waals surface area (Å²) in [4.78, 5) is 40.7. The summed E-state index contributed by atoms with van der Waals surface area (Å²) in [5.74, 6) is -2.49. The second kappa shape index (κ2) is 11.2.